The maximum absolute atomic E-state index is 13.5. The van der Waals surface area contributed by atoms with Crippen molar-refractivity contribution < 1.29 is 14.3 Å². The van der Waals surface area contributed by atoms with Crippen LogP contribution in [0.1, 0.15) is 10.4 Å². The number of hydrogen-bond acceptors (Lipinski definition) is 2. The first kappa shape index (κ1) is 13.6. The second-order valence-corrected chi connectivity index (χ2v) is 4.53. The molecule has 0 bridgehead atoms. The van der Waals surface area contributed by atoms with Gasteiger partial charge in [-0.3, -0.25) is 4.79 Å². The molecule has 0 aliphatic heterocycles. The second kappa shape index (κ2) is 5.47. The number of halogens is 3. The summed E-state index contributed by atoms with van der Waals surface area (Å²) in [5.74, 6) is -1.75. The van der Waals surface area contributed by atoms with Crippen LogP contribution in [-0.4, -0.2) is 11.0 Å². The van der Waals surface area contributed by atoms with Crippen LogP contribution in [0.3, 0.4) is 0 Å². The van der Waals surface area contributed by atoms with Gasteiger partial charge in [-0.05, 0) is 18.2 Å². The minimum Gasteiger partial charge on any atom is -0.506 e. The smallest absolute Gasteiger partial charge is 0.257 e. The van der Waals surface area contributed by atoms with Crippen LogP contribution in [0.5, 0.6) is 5.75 Å². The molecule has 0 spiro atoms. The predicted octanol–water partition coefficient (Wildman–Crippen LogP) is 4.09. The Kier molecular flexibility index (Phi) is 3.93. The maximum Gasteiger partial charge on any atom is 0.257 e. The van der Waals surface area contributed by atoms with Crippen molar-refractivity contribution in [3.8, 4) is 5.75 Å². The quantitative estimate of drug-likeness (QED) is 0.821. The molecule has 2 N–H and O–H groups in total. The van der Waals surface area contributed by atoms with Gasteiger partial charge in [-0.25, -0.2) is 4.39 Å². The zero-order chi connectivity index (χ0) is 14.0. The van der Waals surface area contributed by atoms with E-state index in [1.54, 1.807) is 18.2 Å². The number of carbonyl (C=O) groups excluding carboxylic acids is 1. The first-order valence-corrected chi connectivity index (χ1v) is 5.98. The normalized spacial score (nSPS) is 10.3. The molecule has 98 valence electrons. The Morgan fingerprint density at radius 1 is 1.16 bits per heavy atom. The fraction of sp³-hybridized carbons (Fsp3) is 0. The highest BCUT2D eigenvalue weighted by Crippen LogP contribution is 2.29. The van der Waals surface area contributed by atoms with E-state index in [4.69, 9.17) is 23.2 Å². The molecule has 0 aromatic heterocycles. The molecule has 0 heterocycles. The lowest BCUT2D eigenvalue weighted by atomic mass is 10.2. The molecule has 0 saturated heterocycles. The zero-order valence-electron chi connectivity index (χ0n) is 9.45. The van der Waals surface area contributed by atoms with Gasteiger partial charge in [0.05, 0.1) is 21.3 Å². The lowest BCUT2D eigenvalue weighted by Crippen LogP contribution is -2.13. The Hall–Kier alpha value is -1.78. The maximum atomic E-state index is 13.5. The highest BCUT2D eigenvalue weighted by molar-refractivity contribution is 6.34. The van der Waals surface area contributed by atoms with Crippen molar-refractivity contribution in [2.24, 2.45) is 0 Å². The van der Waals surface area contributed by atoms with Gasteiger partial charge in [0.15, 0.2) is 5.82 Å². The van der Waals surface area contributed by atoms with Crippen LogP contribution < -0.4 is 5.32 Å². The van der Waals surface area contributed by atoms with Gasteiger partial charge in [-0.15, -0.1) is 0 Å². The first-order chi connectivity index (χ1) is 8.99. The Bertz CT molecular complexity index is 647. The minimum atomic E-state index is -0.790. The summed E-state index contributed by atoms with van der Waals surface area (Å²) in [6.07, 6.45) is 0. The van der Waals surface area contributed by atoms with Crippen LogP contribution in [-0.2, 0) is 0 Å². The summed E-state index contributed by atoms with van der Waals surface area (Å²) in [5, 5.41) is 11.8. The first-order valence-electron chi connectivity index (χ1n) is 5.23. The van der Waals surface area contributed by atoms with E-state index in [0.717, 1.165) is 12.1 Å². The van der Waals surface area contributed by atoms with Crippen molar-refractivity contribution >= 4 is 34.8 Å². The Labute approximate surface area is 118 Å². The van der Waals surface area contributed by atoms with E-state index in [0.29, 0.717) is 0 Å². The van der Waals surface area contributed by atoms with Gasteiger partial charge in [0.1, 0.15) is 5.75 Å². The summed E-state index contributed by atoms with van der Waals surface area (Å²) >= 11 is 11.5. The van der Waals surface area contributed by atoms with Gasteiger partial charge >= 0.3 is 0 Å². The molecule has 0 radical (unpaired) electrons. The van der Waals surface area contributed by atoms with Crippen LogP contribution >= 0.6 is 23.2 Å². The second-order valence-electron chi connectivity index (χ2n) is 3.72. The van der Waals surface area contributed by atoms with E-state index in [9.17, 15) is 14.3 Å². The summed E-state index contributed by atoms with van der Waals surface area (Å²) in [4.78, 5) is 11.9. The Morgan fingerprint density at radius 2 is 1.84 bits per heavy atom. The summed E-state index contributed by atoms with van der Waals surface area (Å²) in [7, 11) is 0. The molecule has 2 rings (SSSR count). The van der Waals surface area contributed by atoms with E-state index >= 15 is 0 Å². The van der Waals surface area contributed by atoms with E-state index in [1.165, 1.54) is 6.07 Å². The van der Waals surface area contributed by atoms with E-state index in [-0.39, 0.29) is 21.3 Å². The van der Waals surface area contributed by atoms with Crippen molar-refractivity contribution in [3.05, 3.63) is 57.8 Å². The van der Waals surface area contributed by atoms with Crippen LogP contribution in [0, 0.1) is 5.82 Å². The summed E-state index contributed by atoms with van der Waals surface area (Å²) in [6.45, 7) is 0. The van der Waals surface area contributed by atoms with Crippen molar-refractivity contribution in [3.63, 3.8) is 0 Å². The monoisotopic (exact) mass is 299 g/mol. The summed E-state index contributed by atoms with van der Waals surface area (Å²) in [5.41, 5.74) is 0.0838. The molecular weight excluding hydrogens is 292 g/mol. The number of carbonyl (C=O) groups is 1. The standard InChI is InChI=1S/C13H8Cl2FNO2/c14-8-4-2-1-3-7(8)13(19)17-11-5-9(15)12(18)6-10(11)16/h1-6,18H,(H,17,19). The SMILES string of the molecule is O=C(Nc1cc(Cl)c(O)cc1F)c1ccccc1Cl. The largest absolute Gasteiger partial charge is 0.506 e. The van der Waals surface area contributed by atoms with Gasteiger partial charge < -0.3 is 10.4 Å². The lowest BCUT2D eigenvalue weighted by molar-refractivity contribution is 0.102. The van der Waals surface area contributed by atoms with Gasteiger partial charge in [-0.1, -0.05) is 35.3 Å². The highest BCUT2D eigenvalue weighted by Gasteiger charge is 2.14. The topological polar surface area (TPSA) is 49.3 Å². The molecule has 2 aromatic carbocycles. The third-order valence-corrected chi connectivity index (χ3v) is 3.04. The fourth-order valence-corrected chi connectivity index (χ4v) is 1.85. The van der Waals surface area contributed by atoms with Crippen LogP contribution in [0.2, 0.25) is 10.0 Å². The number of phenolic OH excluding ortho intramolecular Hbond substituents is 1. The van der Waals surface area contributed by atoms with Gasteiger partial charge in [0, 0.05) is 6.07 Å². The van der Waals surface area contributed by atoms with Gasteiger partial charge in [0.25, 0.3) is 5.91 Å². The van der Waals surface area contributed by atoms with Crippen molar-refractivity contribution in [2.75, 3.05) is 5.32 Å². The van der Waals surface area contributed by atoms with Crippen molar-refractivity contribution in [2.45, 2.75) is 0 Å². The molecule has 0 aliphatic rings. The van der Waals surface area contributed by atoms with Crippen LogP contribution in [0.25, 0.3) is 0 Å². The third kappa shape index (κ3) is 2.97. The molecule has 0 fully saturated rings. The summed E-state index contributed by atoms with van der Waals surface area (Å²) < 4.78 is 13.5. The van der Waals surface area contributed by atoms with E-state index < -0.39 is 17.5 Å². The van der Waals surface area contributed by atoms with E-state index in [2.05, 4.69) is 5.32 Å². The molecule has 0 saturated carbocycles. The fourth-order valence-electron chi connectivity index (χ4n) is 1.47. The molecule has 0 atom stereocenters. The third-order valence-electron chi connectivity index (χ3n) is 2.40. The molecule has 19 heavy (non-hydrogen) atoms. The number of benzene rings is 2. The molecule has 3 nitrogen and oxygen atoms in total. The molecule has 0 unspecified atom stereocenters. The lowest BCUT2D eigenvalue weighted by Gasteiger charge is -2.08. The average molecular weight is 300 g/mol. The minimum absolute atomic E-state index is 0.0594. The highest BCUT2D eigenvalue weighted by atomic mass is 35.5. The Balaban J connectivity index is 2.30. The molecule has 6 heteroatoms. The predicted molar refractivity (Wildman–Crippen MR) is 72.5 cm³/mol. The average Bonchev–Trinajstić information content (AvgIpc) is 2.36. The number of aromatic hydroxyl groups is 1. The molecular formula is C13H8Cl2FNO2. The molecule has 2 aromatic rings. The number of phenols is 1. The number of hydrogen-bond donors (Lipinski definition) is 2. The number of rotatable bonds is 2. The number of anilines is 1. The number of nitrogens with one attached hydrogen (secondary N) is 1. The van der Waals surface area contributed by atoms with Gasteiger partial charge in [0.2, 0.25) is 0 Å². The Morgan fingerprint density at radius 3 is 2.53 bits per heavy atom. The number of amides is 1. The molecule has 0 aliphatic carbocycles. The van der Waals surface area contributed by atoms with Gasteiger partial charge in [-0.2, -0.15) is 0 Å². The van der Waals surface area contributed by atoms with Crippen LogP contribution in [0.4, 0.5) is 10.1 Å². The van der Waals surface area contributed by atoms with Crippen molar-refractivity contribution in [1.29, 1.82) is 0 Å². The van der Waals surface area contributed by atoms with Crippen LogP contribution in [0.15, 0.2) is 36.4 Å². The zero-order valence-corrected chi connectivity index (χ0v) is 11.0. The summed E-state index contributed by atoms with van der Waals surface area (Å²) in [6, 6.07) is 8.33. The molecule has 1 amide bonds. The van der Waals surface area contributed by atoms with E-state index in [1.807, 2.05) is 0 Å². The van der Waals surface area contributed by atoms with Crippen molar-refractivity contribution in [1.82, 2.24) is 0 Å².